The summed E-state index contributed by atoms with van der Waals surface area (Å²) in [5.41, 5.74) is 1.73. The second kappa shape index (κ2) is 6.97. The van der Waals surface area contributed by atoms with Crippen molar-refractivity contribution in [2.24, 2.45) is 0 Å². The molecule has 3 fully saturated rings. The molecule has 4 rings (SSSR count). The molecule has 1 spiro atoms. The fraction of sp³-hybridized carbons (Fsp3) is 0.800. The van der Waals surface area contributed by atoms with Crippen LogP contribution in [-0.4, -0.2) is 56.7 Å². The van der Waals surface area contributed by atoms with E-state index in [1.54, 1.807) is 0 Å². The molecule has 3 heterocycles. The monoisotopic (exact) mass is 361 g/mol. The van der Waals surface area contributed by atoms with E-state index in [0.29, 0.717) is 11.9 Å². The lowest BCUT2D eigenvalue weighted by Gasteiger charge is -2.48. The zero-order valence-corrected chi connectivity index (χ0v) is 16.0. The third-order valence-electron chi connectivity index (χ3n) is 6.91. The van der Waals surface area contributed by atoms with E-state index in [0.717, 1.165) is 88.0 Å². The molecule has 26 heavy (non-hydrogen) atoms. The van der Waals surface area contributed by atoms with Gasteiger partial charge in [0.2, 0.25) is 5.91 Å². The fourth-order valence-electron chi connectivity index (χ4n) is 5.34. The van der Waals surface area contributed by atoms with Crippen LogP contribution in [0.1, 0.15) is 68.4 Å². The van der Waals surface area contributed by atoms with Crippen molar-refractivity contribution >= 4 is 5.91 Å². The fourth-order valence-corrected chi connectivity index (χ4v) is 5.34. The highest BCUT2D eigenvalue weighted by atomic mass is 16.5. The number of nitrogens with zero attached hydrogens (tertiary/aromatic N) is 3. The first-order chi connectivity index (χ1) is 12.5. The molecule has 1 aromatic rings. The van der Waals surface area contributed by atoms with E-state index in [-0.39, 0.29) is 11.6 Å². The highest BCUT2D eigenvalue weighted by Gasteiger charge is 2.52. The molecule has 144 valence electrons. The van der Waals surface area contributed by atoms with Gasteiger partial charge in [-0.3, -0.25) is 9.69 Å². The number of carbonyl (C=O) groups excluding carboxylic acids is 1. The predicted octanol–water partition coefficient (Wildman–Crippen LogP) is 2.55. The van der Waals surface area contributed by atoms with Crippen molar-refractivity contribution in [2.75, 3.05) is 13.1 Å². The van der Waals surface area contributed by atoms with Crippen LogP contribution >= 0.6 is 0 Å². The maximum atomic E-state index is 13.6. The van der Waals surface area contributed by atoms with Crippen LogP contribution in [0.4, 0.5) is 0 Å². The number of hydrogen-bond donors (Lipinski definition) is 1. The molecule has 0 aromatic carbocycles. The Morgan fingerprint density at radius 1 is 1.15 bits per heavy atom. The Bertz CT molecular complexity index is 646. The average molecular weight is 361 g/mol. The highest BCUT2D eigenvalue weighted by Crippen LogP contribution is 2.41. The van der Waals surface area contributed by atoms with Crippen molar-refractivity contribution < 1.29 is 14.4 Å². The van der Waals surface area contributed by atoms with Crippen LogP contribution in [0, 0.1) is 13.8 Å². The molecule has 2 aliphatic heterocycles. The SMILES string of the molecule is Cc1noc(C)c1CN1CCCC12CCCN(C1CCC(O)CC1)C2=O. The van der Waals surface area contributed by atoms with Gasteiger partial charge in [-0.05, 0) is 71.8 Å². The smallest absolute Gasteiger partial charge is 0.243 e. The Kier molecular flexibility index (Phi) is 4.82. The van der Waals surface area contributed by atoms with E-state index in [1.807, 2.05) is 13.8 Å². The van der Waals surface area contributed by atoms with Gasteiger partial charge < -0.3 is 14.5 Å². The summed E-state index contributed by atoms with van der Waals surface area (Å²) >= 11 is 0. The van der Waals surface area contributed by atoms with E-state index in [2.05, 4.69) is 15.0 Å². The molecule has 6 nitrogen and oxygen atoms in total. The summed E-state index contributed by atoms with van der Waals surface area (Å²) in [6.07, 6.45) is 7.41. The summed E-state index contributed by atoms with van der Waals surface area (Å²) in [5.74, 6) is 1.19. The molecule has 0 radical (unpaired) electrons. The molecule has 3 aliphatic rings. The van der Waals surface area contributed by atoms with Crippen LogP contribution in [0.15, 0.2) is 4.52 Å². The van der Waals surface area contributed by atoms with E-state index in [1.165, 1.54) is 0 Å². The zero-order valence-electron chi connectivity index (χ0n) is 16.0. The van der Waals surface area contributed by atoms with Crippen molar-refractivity contribution in [1.29, 1.82) is 0 Å². The minimum absolute atomic E-state index is 0.178. The molecule has 1 aliphatic carbocycles. The van der Waals surface area contributed by atoms with Gasteiger partial charge in [-0.25, -0.2) is 0 Å². The molecule has 1 unspecified atom stereocenters. The molecule has 1 saturated carbocycles. The third kappa shape index (κ3) is 2.97. The molecule has 1 N–H and O–H groups in total. The van der Waals surface area contributed by atoms with Crippen LogP contribution < -0.4 is 0 Å². The number of piperidine rings is 1. The number of aromatic nitrogens is 1. The summed E-state index contributed by atoms with van der Waals surface area (Å²) < 4.78 is 5.34. The molecule has 6 heteroatoms. The zero-order chi connectivity index (χ0) is 18.3. The summed E-state index contributed by atoms with van der Waals surface area (Å²) in [5, 5.41) is 13.9. The topological polar surface area (TPSA) is 69.8 Å². The summed E-state index contributed by atoms with van der Waals surface area (Å²) in [6.45, 7) is 6.54. The summed E-state index contributed by atoms with van der Waals surface area (Å²) in [7, 11) is 0. The minimum Gasteiger partial charge on any atom is -0.393 e. The van der Waals surface area contributed by atoms with Crippen molar-refractivity contribution in [3.8, 4) is 0 Å². The van der Waals surface area contributed by atoms with Gasteiger partial charge in [0.1, 0.15) is 11.3 Å². The standard InChI is InChI=1S/C20H31N3O3/c1-14-18(15(2)26-21-14)13-22-11-3-9-20(22)10-4-12-23(19(20)25)16-5-7-17(24)8-6-16/h16-17,24H,3-13H2,1-2H3. The number of aliphatic hydroxyl groups is 1. The van der Waals surface area contributed by atoms with Gasteiger partial charge in [0, 0.05) is 24.7 Å². The largest absolute Gasteiger partial charge is 0.393 e. The number of rotatable bonds is 3. The van der Waals surface area contributed by atoms with Gasteiger partial charge in [-0.2, -0.15) is 0 Å². The van der Waals surface area contributed by atoms with Crippen molar-refractivity contribution in [3.05, 3.63) is 17.0 Å². The van der Waals surface area contributed by atoms with E-state index < -0.39 is 0 Å². The average Bonchev–Trinajstić information content (AvgIpc) is 3.17. The quantitative estimate of drug-likeness (QED) is 0.896. The van der Waals surface area contributed by atoms with E-state index in [4.69, 9.17) is 4.52 Å². The second-order valence-corrected chi connectivity index (χ2v) is 8.42. The lowest BCUT2D eigenvalue weighted by atomic mass is 9.82. The first-order valence-corrected chi connectivity index (χ1v) is 10.2. The van der Waals surface area contributed by atoms with Crippen molar-refractivity contribution in [2.45, 2.75) is 89.4 Å². The maximum Gasteiger partial charge on any atom is 0.243 e. The number of likely N-dealkylation sites (tertiary alicyclic amines) is 2. The lowest BCUT2D eigenvalue weighted by Crippen LogP contribution is -2.62. The highest BCUT2D eigenvalue weighted by molar-refractivity contribution is 5.88. The van der Waals surface area contributed by atoms with Crippen molar-refractivity contribution in [3.63, 3.8) is 0 Å². The van der Waals surface area contributed by atoms with Gasteiger partial charge in [0.25, 0.3) is 0 Å². The predicted molar refractivity (Wildman–Crippen MR) is 97.6 cm³/mol. The van der Waals surface area contributed by atoms with Crippen LogP contribution in [0.25, 0.3) is 0 Å². The Hall–Kier alpha value is -1.40. The van der Waals surface area contributed by atoms with Crippen LogP contribution in [0.5, 0.6) is 0 Å². The minimum atomic E-state index is -0.343. The molecule has 1 aromatic heterocycles. The van der Waals surface area contributed by atoms with Gasteiger partial charge in [-0.15, -0.1) is 0 Å². The van der Waals surface area contributed by atoms with Gasteiger partial charge >= 0.3 is 0 Å². The van der Waals surface area contributed by atoms with Crippen LogP contribution in [0.2, 0.25) is 0 Å². The second-order valence-electron chi connectivity index (χ2n) is 8.42. The Labute approximate surface area is 155 Å². The first kappa shape index (κ1) is 18.0. The summed E-state index contributed by atoms with van der Waals surface area (Å²) in [4.78, 5) is 18.2. The van der Waals surface area contributed by atoms with Gasteiger partial charge in [-0.1, -0.05) is 5.16 Å². The lowest BCUT2D eigenvalue weighted by molar-refractivity contribution is -0.152. The van der Waals surface area contributed by atoms with Crippen LogP contribution in [0.3, 0.4) is 0 Å². The number of hydrogen-bond acceptors (Lipinski definition) is 5. The number of aryl methyl sites for hydroxylation is 2. The number of amides is 1. The molecule has 0 bridgehead atoms. The molecular formula is C20H31N3O3. The van der Waals surface area contributed by atoms with Gasteiger partial charge in [0.05, 0.1) is 11.8 Å². The molecular weight excluding hydrogens is 330 g/mol. The van der Waals surface area contributed by atoms with Crippen LogP contribution in [-0.2, 0) is 11.3 Å². The molecule has 1 atom stereocenters. The molecule has 2 saturated heterocycles. The number of carbonyl (C=O) groups is 1. The first-order valence-electron chi connectivity index (χ1n) is 10.2. The van der Waals surface area contributed by atoms with E-state index >= 15 is 0 Å². The number of aliphatic hydroxyl groups excluding tert-OH is 1. The normalized spacial score (nSPS) is 33.3. The van der Waals surface area contributed by atoms with Gasteiger partial charge in [0.15, 0.2) is 0 Å². The summed E-state index contributed by atoms with van der Waals surface area (Å²) in [6, 6.07) is 0.310. The Balaban J connectivity index is 1.54. The van der Waals surface area contributed by atoms with Crippen molar-refractivity contribution in [1.82, 2.24) is 15.0 Å². The molecule has 1 amide bonds. The Morgan fingerprint density at radius 3 is 2.50 bits per heavy atom. The maximum absolute atomic E-state index is 13.6. The third-order valence-corrected chi connectivity index (χ3v) is 6.91. The Morgan fingerprint density at radius 2 is 1.85 bits per heavy atom. The van der Waals surface area contributed by atoms with E-state index in [9.17, 15) is 9.90 Å².